The molecule has 4 N–H and O–H groups in total. The van der Waals surface area contributed by atoms with E-state index in [1.54, 1.807) is 6.20 Å². The van der Waals surface area contributed by atoms with E-state index < -0.39 is 0 Å². The highest BCUT2D eigenvalue weighted by molar-refractivity contribution is 9.10. The van der Waals surface area contributed by atoms with Crippen LogP contribution in [-0.4, -0.2) is 28.8 Å². The summed E-state index contributed by atoms with van der Waals surface area (Å²) < 4.78 is 0.981. The topological polar surface area (TPSA) is 87.7 Å². The number of fused-ring (bicyclic) bond motifs is 1. The van der Waals surface area contributed by atoms with E-state index in [0.29, 0.717) is 11.6 Å². The smallest absolute Gasteiger partial charge is 0.0925 e. The van der Waals surface area contributed by atoms with Crippen LogP contribution in [0.1, 0.15) is 44.2 Å². The number of allylic oxidation sites excluding steroid dienone is 1. The summed E-state index contributed by atoms with van der Waals surface area (Å²) in [5.74, 6) is 0.368. The van der Waals surface area contributed by atoms with Crippen LogP contribution in [0.15, 0.2) is 35.1 Å². The molecular weight excluding hydrogens is 390 g/mol. The lowest BCUT2D eigenvalue weighted by Crippen LogP contribution is -2.13. The molecule has 0 unspecified atom stereocenters. The van der Waals surface area contributed by atoms with Crippen LogP contribution in [0.3, 0.4) is 0 Å². The van der Waals surface area contributed by atoms with Gasteiger partial charge in [-0.1, -0.05) is 28.8 Å². The highest BCUT2D eigenvalue weighted by Gasteiger charge is 2.29. The second-order valence-electron chi connectivity index (χ2n) is 6.79. The van der Waals surface area contributed by atoms with Crippen molar-refractivity contribution < 1.29 is 0 Å². The summed E-state index contributed by atoms with van der Waals surface area (Å²) in [6.07, 6.45) is 10.5. The number of nitrogens with one attached hydrogen (secondary N) is 2. The van der Waals surface area contributed by atoms with Gasteiger partial charge in [-0.2, -0.15) is 0 Å². The maximum Gasteiger partial charge on any atom is 0.0925 e. The van der Waals surface area contributed by atoms with Gasteiger partial charge in [-0.05, 0) is 50.4 Å². The number of aromatic nitrogens is 2. The average Bonchev–Trinajstić information content (AvgIpc) is 3.48. The molecule has 1 heterocycles. The van der Waals surface area contributed by atoms with Crippen LogP contribution in [0.5, 0.6) is 0 Å². The van der Waals surface area contributed by atoms with Crippen LogP contribution in [0.4, 0.5) is 0 Å². The Balaban J connectivity index is 1.73. The number of unbranched alkanes of at least 4 members (excludes halogenated alkanes) is 3. The van der Waals surface area contributed by atoms with Crippen molar-refractivity contribution in [2.24, 2.45) is 11.7 Å². The summed E-state index contributed by atoms with van der Waals surface area (Å²) in [4.78, 5) is 9.27. The number of benzene rings is 1. The van der Waals surface area contributed by atoms with Crippen molar-refractivity contribution >= 4 is 38.2 Å². The van der Waals surface area contributed by atoms with E-state index in [1.165, 1.54) is 12.8 Å². The van der Waals surface area contributed by atoms with E-state index in [-0.39, 0.29) is 0 Å². The third-order valence-electron chi connectivity index (χ3n) is 4.58. The summed E-state index contributed by atoms with van der Waals surface area (Å²) in [5, 5.41) is 11.9. The molecule has 1 aromatic heterocycles. The van der Waals surface area contributed by atoms with Gasteiger partial charge in [0.05, 0.1) is 22.9 Å². The van der Waals surface area contributed by atoms with Gasteiger partial charge in [-0.25, -0.2) is 4.98 Å². The van der Waals surface area contributed by atoms with Gasteiger partial charge >= 0.3 is 0 Å². The first kappa shape index (κ1) is 19.0. The van der Waals surface area contributed by atoms with E-state index in [9.17, 15) is 0 Å². The van der Waals surface area contributed by atoms with Crippen molar-refractivity contribution in [3.8, 4) is 0 Å². The third-order valence-corrected chi connectivity index (χ3v) is 5.07. The van der Waals surface area contributed by atoms with Crippen molar-refractivity contribution in [3.63, 3.8) is 0 Å². The predicted molar refractivity (Wildman–Crippen MR) is 111 cm³/mol. The zero-order valence-electron chi connectivity index (χ0n) is 15.0. The molecule has 0 saturated heterocycles. The second kappa shape index (κ2) is 9.24. The molecule has 138 valence electrons. The van der Waals surface area contributed by atoms with Gasteiger partial charge in [-0.3, -0.25) is 4.98 Å². The van der Waals surface area contributed by atoms with E-state index in [0.717, 1.165) is 65.5 Å². The third kappa shape index (κ3) is 5.11. The molecular formula is C20H26BrN5. The fraction of sp³-hybridized carbons (Fsp3) is 0.450. The van der Waals surface area contributed by atoms with Crippen LogP contribution in [-0.2, 0) is 0 Å². The van der Waals surface area contributed by atoms with Crippen molar-refractivity contribution in [2.75, 3.05) is 13.1 Å². The molecule has 5 nitrogen and oxygen atoms in total. The Labute approximate surface area is 163 Å². The Morgan fingerprint density at radius 1 is 1.23 bits per heavy atom. The highest BCUT2D eigenvalue weighted by atomic mass is 79.9. The van der Waals surface area contributed by atoms with Crippen molar-refractivity contribution in [2.45, 2.75) is 38.5 Å². The lowest BCUT2D eigenvalue weighted by Gasteiger charge is -2.10. The molecule has 6 heteroatoms. The van der Waals surface area contributed by atoms with Gasteiger partial charge in [0.2, 0.25) is 0 Å². The number of rotatable bonds is 10. The Morgan fingerprint density at radius 2 is 2.04 bits per heavy atom. The molecule has 3 rings (SSSR count). The number of hydrogen-bond acceptors (Lipinski definition) is 5. The molecule has 1 aliphatic rings. The van der Waals surface area contributed by atoms with Gasteiger partial charge in [-0.15, -0.1) is 0 Å². The van der Waals surface area contributed by atoms with Crippen LogP contribution in [0.25, 0.3) is 16.6 Å². The average molecular weight is 416 g/mol. The Bertz CT molecular complexity index is 798. The molecule has 0 aliphatic heterocycles. The Morgan fingerprint density at radius 3 is 2.81 bits per heavy atom. The largest absolute Gasteiger partial charge is 0.390 e. The quantitative estimate of drug-likeness (QED) is 0.399. The van der Waals surface area contributed by atoms with Gasteiger partial charge in [0.25, 0.3) is 0 Å². The van der Waals surface area contributed by atoms with E-state index in [4.69, 9.17) is 16.1 Å². The normalized spacial score (nSPS) is 14.6. The maximum atomic E-state index is 8.52. The van der Waals surface area contributed by atoms with Crippen LogP contribution >= 0.6 is 15.9 Å². The summed E-state index contributed by atoms with van der Waals surface area (Å²) in [7, 11) is 0. The van der Waals surface area contributed by atoms with Crippen molar-refractivity contribution in [3.05, 3.63) is 40.8 Å². The predicted octanol–water partition coefficient (Wildman–Crippen LogP) is 4.27. The van der Waals surface area contributed by atoms with Crippen LogP contribution in [0.2, 0.25) is 0 Å². The van der Waals surface area contributed by atoms with Crippen LogP contribution < -0.4 is 11.1 Å². The number of hydrogen-bond donors (Lipinski definition) is 3. The SMILES string of the molecule is N=C(/C(=C\NCCCCCCN)c1cnc2ccc(Br)cc2n1)C1CC1. The first-order valence-electron chi connectivity index (χ1n) is 9.34. The molecule has 26 heavy (non-hydrogen) atoms. The molecule has 0 amide bonds. The monoisotopic (exact) mass is 415 g/mol. The molecule has 0 atom stereocenters. The van der Waals surface area contributed by atoms with Crippen molar-refractivity contribution in [1.82, 2.24) is 15.3 Å². The molecule has 0 radical (unpaired) electrons. The zero-order chi connectivity index (χ0) is 18.4. The first-order valence-corrected chi connectivity index (χ1v) is 10.1. The minimum absolute atomic E-state index is 0.368. The minimum Gasteiger partial charge on any atom is -0.390 e. The van der Waals surface area contributed by atoms with Gasteiger partial charge < -0.3 is 16.5 Å². The molecule has 1 saturated carbocycles. The van der Waals surface area contributed by atoms with Crippen LogP contribution in [0, 0.1) is 11.3 Å². The van der Waals surface area contributed by atoms with Crippen molar-refractivity contribution in [1.29, 1.82) is 5.41 Å². The summed E-state index contributed by atoms with van der Waals surface area (Å²) in [5.41, 5.74) is 9.53. The zero-order valence-corrected chi connectivity index (χ0v) is 16.6. The highest BCUT2D eigenvalue weighted by Crippen LogP contribution is 2.35. The summed E-state index contributed by atoms with van der Waals surface area (Å²) in [6.45, 7) is 1.67. The fourth-order valence-corrected chi connectivity index (χ4v) is 3.24. The lowest BCUT2D eigenvalue weighted by atomic mass is 10.0. The van der Waals surface area contributed by atoms with E-state index >= 15 is 0 Å². The number of nitrogens with zero attached hydrogens (tertiary/aromatic N) is 2. The molecule has 1 aliphatic carbocycles. The summed E-state index contributed by atoms with van der Waals surface area (Å²) in [6, 6.07) is 5.88. The molecule has 1 fully saturated rings. The summed E-state index contributed by atoms with van der Waals surface area (Å²) >= 11 is 3.49. The van der Waals surface area contributed by atoms with E-state index in [2.05, 4.69) is 26.2 Å². The lowest BCUT2D eigenvalue weighted by molar-refractivity contribution is 0.630. The molecule has 1 aromatic carbocycles. The molecule has 2 aromatic rings. The van der Waals surface area contributed by atoms with Gasteiger partial charge in [0, 0.05) is 34.4 Å². The standard InChI is InChI=1S/C20H26BrN5/c21-15-7-8-17-18(11-15)26-19(13-25-17)16(20(23)14-5-6-14)12-24-10-4-2-1-3-9-22/h7-8,11-14,23-24H,1-6,9-10,22H2/b16-12-,23-20?. The maximum absolute atomic E-state index is 8.52. The number of nitrogens with two attached hydrogens (primary N) is 1. The Hall–Kier alpha value is -1.79. The number of halogens is 1. The van der Waals surface area contributed by atoms with E-state index in [1.807, 2.05) is 24.4 Å². The molecule has 0 bridgehead atoms. The molecule has 0 spiro atoms. The second-order valence-corrected chi connectivity index (χ2v) is 7.71. The minimum atomic E-state index is 0.368. The van der Waals surface area contributed by atoms with Gasteiger partial charge in [0.1, 0.15) is 0 Å². The fourth-order valence-electron chi connectivity index (χ4n) is 2.90. The Kier molecular flexibility index (Phi) is 6.74. The first-order chi connectivity index (χ1) is 12.7. The van der Waals surface area contributed by atoms with Gasteiger partial charge in [0.15, 0.2) is 0 Å².